The second kappa shape index (κ2) is 7.63. The maximum Gasteiger partial charge on any atom is 0.0998 e. The van der Waals surface area contributed by atoms with Gasteiger partial charge in [0.05, 0.1) is 17.1 Å². The van der Waals surface area contributed by atoms with E-state index in [1.54, 1.807) is 11.3 Å². The molecule has 3 rings (SSSR count). The average Bonchev–Trinajstić information content (AvgIpc) is 3.16. The number of aryl methyl sites for hydroxylation is 1. The molecular formula is C22H22N2S. The highest BCUT2D eigenvalue weighted by Crippen LogP contribution is 2.38. The predicted molar refractivity (Wildman–Crippen MR) is 105 cm³/mol. The summed E-state index contributed by atoms with van der Waals surface area (Å²) >= 11 is 1.71. The first kappa shape index (κ1) is 17.4. The van der Waals surface area contributed by atoms with Crippen LogP contribution in [0.1, 0.15) is 47.8 Å². The number of aromatic nitrogens is 1. The first-order valence-corrected chi connectivity index (χ1v) is 9.52. The van der Waals surface area contributed by atoms with Gasteiger partial charge in [-0.3, -0.25) is 4.98 Å². The number of rotatable bonds is 5. The molecule has 3 aromatic rings. The molecule has 2 unspecified atom stereocenters. The number of nitriles is 1. The number of hydrogen-bond acceptors (Lipinski definition) is 3. The standard InChI is InChI=1S/C22H22N2S/c1-4-15(2)22(21-13-24-14-25-21)17-9-10-18(12-23)20(11-17)19-8-6-5-7-16(19)3/h5-11,13-15,22H,4H2,1-3H3. The van der Waals surface area contributed by atoms with Crippen LogP contribution in [-0.4, -0.2) is 4.98 Å². The van der Waals surface area contributed by atoms with Gasteiger partial charge in [-0.15, -0.1) is 11.3 Å². The molecule has 0 aliphatic heterocycles. The van der Waals surface area contributed by atoms with Crippen LogP contribution in [0, 0.1) is 24.2 Å². The molecular weight excluding hydrogens is 324 g/mol. The van der Waals surface area contributed by atoms with Crippen molar-refractivity contribution >= 4 is 11.3 Å². The van der Waals surface area contributed by atoms with Crippen molar-refractivity contribution in [3.05, 3.63) is 75.7 Å². The molecule has 0 saturated carbocycles. The maximum absolute atomic E-state index is 9.58. The van der Waals surface area contributed by atoms with Crippen LogP contribution in [0.25, 0.3) is 11.1 Å². The number of benzene rings is 2. The molecule has 0 bridgehead atoms. The first-order chi connectivity index (χ1) is 12.2. The van der Waals surface area contributed by atoms with Gasteiger partial charge >= 0.3 is 0 Å². The van der Waals surface area contributed by atoms with Gasteiger partial charge in [-0.25, -0.2) is 0 Å². The van der Waals surface area contributed by atoms with Gasteiger partial charge < -0.3 is 0 Å². The smallest absolute Gasteiger partial charge is 0.0998 e. The second-order valence-corrected chi connectivity index (χ2v) is 7.42. The largest absolute Gasteiger partial charge is 0.253 e. The van der Waals surface area contributed by atoms with Crippen LogP contribution in [-0.2, 0) is 0 Å². The maximum atomic E-state index is 9.58. The van der Waals surface area contributed by atoms with Crippen LogP contribution in [0.5, 0.6) is 0 Å². The number of hydrogen-bond donors (Lipinski definition) is 0. The molecule has 0 N–H and O–H groups in total. The third-order valence-corrected chi connectivity index (χ3v) is 5.79. The van der Waals surface area contributed by atoms with Crippen LogP contribution in [0.3, 0.4) is 0 Å². The molecule has 0 saturated heterocycles. The van der Waals surface area contributed by atoms with Gasteiger partial charge in [0.15, 0.2) is 0 Å². The SMILES string of the molecule is CCC(C)C(c1ccc(C#N)c(-c2ccccc2C)c1)c1cncs1. The summed E-state index contributed by atoms with van der Waals surface area (Å²) < 4.78 is 0. The van der Waals surface area contributed by atoms with E-state index in [9.17, 15) is 5.26 Å². The van der Waals surface area contributed by atoms with Gasteiger partial charge in [0, 0.05) is 17.0 Å². The quantitative estimate of drug-likeness (QED) is 0.554. The highest BCUT2D eigenvalue weighted by molar-refractivity contribution is 7.09. The van der Waals surface area contributed by atoms with Gasteiger partial charge in [0.1, 0.15) is 0 Å². The second-order valence-electron chi connectivity index (χ2n) is 6.50. The summed E-state index contributed by atoms with van der Waals surface area (Å²) in [7, 11) is 0. The Morgan fingerprint density at radius 2 is 1.96 bits per heavy atom. The summed E-state index contributed by atoms with van der Waals surface area (Å²) in [5, 5.41) is 9.58. The van der Waals surface area contributed by atoms with Crippen LogP contribution >= 0.6 is 11.3 Å². The van der Waals surface area contributed by atoms with Crippen LogP contribution in [0.4, 0.5) is 0 Å². The molecule has 0 spiro atoms. The van der Waals surface area contributed by atoms with Gasteiger partial charge in [-0.05, 0) is 47.2 Å². The Morgan fingerprint density at radius 1 is 1.16 bits per heavy atom. The third kappa shape index (κ3) is 3.50. The van der Waals surface area contributed by atoms with E-state index in [1.165, 1.54) is 16.0 Å². The van der Waals surface area contributed by atoms with Gasteiger partial charge in [0.2, 0.25) is 0 Å². The van der Waals surface area contributed by atoms with Crippen molar-refractivity contribution in [3.8, 4) is 17.2 Å². The molecule has 0 aliphatic carbocycles. The van der Waals surface area contributed by atoms with Crippen molar-refractivity contribution in [2.24, 2.45) is 5.92 Å². The van der Waals surface area contributed by atoms with E-state index in [4.69, 9.17) is 0 Å². The summed E-state index contributed by atoms with van der Waals surface area (Å²) in [6, 6.07) is 16.9. The lowest BCUT2D eigenvalue weighted by Crippen LogP contribution is -2.10. The fourth-order valence-electron chi connectivity index (χ4n) is 3.34. The molecule has 2 nitrogen and oxygen atoms in total. The molecule has 0 amide bonds. The van der Waals surface area contributed by atoms with E-state index in [-0.39, 0.29) is 0 Å². The molecule has 2 aromatic carbocycles. The minimum atomic E-state index is 0.313. The summed E-state index contributed by atoms with van der Waals surface area (Å²) in [6.07, 6.45) is 3.08. The molecule has 3 heteroatoms. The summed E-state index contributed by atoms with van der Waals surface area (Å²) in [5.74, 6) is 0.825. The molecule has 126 valence electrons. The zero-order valence-corrected chi connectivity index (χ0v) is 15.7. The lowest BCUT2D eigenvalue weighted by molar-refractivity contribution is 0.501. The molecule has 1 aromatic heterocycles. The van der Waals surface area contributed by atoms with Crippen LogP contribution in [0.2, 0.25) is 0 Å². The molecule has 1 heterocycles. The van der Waals surface area contributed by atoms with E-state index in [1.807, 2.05) is 29.9 Å². The Kier molecular flexibility index (Phi) is 5.31. The zero-order valence-electron chi connectivity index (χ0n) is 14.9. The van der Waals surface area contributed by atoms with E-state index in [2.05, 4.69) is 56.1 Å². The van der Waals surface area contributed by atoms with Gasteiger partial charge in [-0.1, -0.05) is 50.6 Å². The van der Waals surface area contributed by atoms with Crippen LogP contribution < -0.4 is 0 Å². The highest BCUT2D eigenvalue weighted by Gasteiger charge is 2.23. The summed E-state index contributed by atoms with van der Waals surface area (Å²) in [6.45, 7) is 6.61. The Labute approximate surface area is 153 Å². The Bertz CT molecular complexity index is 891. The van der Waals surface area contributed by atoms with Gasteiger partial charge in [-0.2, -0.15) is 5.26 Å². The molecule has 0 radical (unpaired) electrons. The van der Waals surface area contributed by atoms with Crippen molar-refractivity contribution in [1.29, 1.82) is 5.26 Å². The Balaban J connectivity index is 2.16. The van der Waals surface area contributed by atoms with Crippen LogP contribution in [0.15, 0.2) is 54.2 Å². The molecule has 0 aliphatic rings. The fourth-order valence-corrected chi connectivity index (χ4v) is 4.22. The van der Waals surface area contributed by atoms with Crippen molar-refractivity contribution in [1.82, 2.24) is 4.98 Å². The molecule has 2 atom stereocenters. The average molecular weight is 346 g/mol. The Morgan fingerprint density at radius 3 is 2.60 bits per heavy atom. The lowest BCUT2D eigenvalue weighted by atomic mass is 9.82. The van der Waals surface area contributed by atoms with E-state index in [0.29, 0.717) is 11.8 Å². The van der Waals surface area contributed by atoms with Crippen molar-refractivity contribution in [2.45, 2.75) is 33.1 Å². The lowest BCUT2D eigenvalue weighted by Gasteiger charge is -2.23. The number of nitrogens with zero attached hydrogens (tertiary/aromatic N) is 2. The summed E-state index contributed by atoms with van der Waals surface area (Å²) in [5.41, 5.74) is 7.23. The monoisotopic (exact) mass is 346 g/mol. The molecule has 0 fully saturated rings. The van der Waals surface area contributed by atoms with Crippen molar-refractivity contribution < 1.29 is 0 Å². The van der Waals surface area contributed by atoms with Crippen molar-refractivity contribution in [3.63, 3.8) is 0 Å². The minimum Gasteiger partial charge on any atom is -0.253 e. The minimum absolute atomic E-state index is 0.313. The summed E-state index contributed by atoms with van der Waals surface area (Å²) in [4.78, 5) is 5.57. The highest BCUT2D eigenvalue weighted by atomic mass is 32.1. The number of thiazole rings is 1. The topological polar surface area (TPSA) is 36.7 Å². The van der Waals surface area contributed by atoms with Gasteiger partial charge in [0.25, 0.3) is 0 Å². The molecule has 25 heavy (non-hydrogen) atoms. The zero-order chi connectivity index (χ0) is 17.8. The normalized spacial score (nSPS) is 13.2. The van der Waals surface area contributed by atoms with E-state index < -0.39 is 0 Å². The fraction of sp³-hybridized carbons (Fsp3) is 0.273. The third-order valence-electron chi connectivity index (χ3n) is 4.93. The van der Waals surface area contributed by atoms with E-state index >= 15 is 0 Å². The predicted octanol–water partition coefficient (Wildman–Crippen LogP) is 6.17. The Hall–Kier alpha value is -2.44. The van der Waals surface area contributed by atoms with E-state index in [0.717, 1.165) is 23.1 Å². The van der Waals surface area contributed by atoms with Crippen molar-refractivity contribution in [2.75, 3.05) is 0 Å². The first-order valence-electron chi connectivity index (χ1n) is 8.64.